The molecular weight excluding hydrogens is 410 g/mol. The van der Waals surface area contributed by atoms with Crippen LogP contribution in [-0.2, 0) is 16.1 Å². The molecule has 0 spiro atoms. The van der Waals surface area contributed by atoms with E-state index in [4.69, 9.17) is 4.74 Å². The van der Waals surface area contributed by atoms with Crippen LogP contribution in [0, 0.1) is 0 Å². The summed E-state index contributed by atoms with van der Waals surface area (Å²) in [7, 11) is 1.69. The topological polar surface area (TPSA) is 62.7 Å². The van der Waals surface area contributed by atoms with Gasteiger partial charge in [-0.2, -0.15) is 0 Å². The Labute approximate surface area is 167 Å². The molecule has 0 aliphatic carbocycles. The van der Waals surface area contributed by atoms with E-state index in [2.05, 4.69) is 25.8 Å². The fraction of sp³-hybridized carbons (Fsp3) is 0.350. The van der Waals surface area contributed by atoms with Gasteiger partial charge in [0.15, 0.2) is 6.61 Å². The second kappa shape index (κ2) is 8.99. The molecule has 7 heteroatoms. The molecule has 6 nitrogen and oxygen atoms in total. The van der Waals surface area contributed by atoms with Gasteiger partial charge in [-0.3, -0.25) is 4.79 Å². The van der Waals surface area contributed by atoms with E-state index in [9.17, 15) is 9.59 Å². The van der Waals surface area contributed by atoms with Gasteiger partial charge in [0.2, 0.25) is 0 Å². The highest BCUT2D eigenvalue weighted by atomic mass is 79.9. The molecule has 0 unspecified atom stereocenters. The van der Waals surface area contributed by atoms with Gasteiger partial charge in [0, 0.05) is 37.4 Å². The van der Waals surface area contributed by atoms with E-state index in [1.165, 1.54) is 0 Å². The van der Waals surface area contributed by atoms with Crippen molar-refractivity contribution in [1.82, 2.24) is 9.88 Å². The number of aromatic nitrogens is 1. The summed E-state index contributed by atoms with van der Waals surface area (Å²) in [5.74, 6) is -0.135. The highest BCUT2D eigenvalue weighted by Crippen LogP contribution is 2.22. The normalized spacial score (nSPS) is 13.5. The van der Waals surface area contributed by atoms with E-state index < -0.39 is 5.97 Å². The predicted octanol–water partition coefficient (Wildman–Crippen LogP) is 3.26. The van der Waals surface area contributed by atoms with Crippen LogP contribution in [0.2, 0.25) is 0 Å². The number of amides is 1. The van der Waals surface area contributed by atoms with Crippen LogP contribution < -0.4 is 4.90 Å². The van der Waals surface area contributed by atoms with Gasteiger partial charge in [-0.1, -0.05) is 28.1 Å². The van der Waals surface area contributed by atoms with Gasteiger partial charge in [0.25, 0.3) is 5.91 Å². The van der Waals surface area contributed by atoms with Crippen molar-refractivity contribution in [3.8, 4) is 0 Å². The van der Waals surface area contributed by atoms with Crippen molar-refractivity contribution in [2.75, 3.05) is 31.6 Å². The molecule has 0 radical (unpaired) electrons. The van der Waals surface area contributed by atoms with Crippen LogP contribution in [0.5, 0.6) is 0 Å². The van der Waals surface area contributed by atoms with Crippen molar-refractivity contribution in [1.29, 1.82) is 0 Å². The minimum Gasteiger partial charge on any atom is -0.452 e. The first-order valence-corrected chi connectivity index (χ1v) is 9.69. The average molecular weight is 432 g/mol. The monoisotopic (exact) mass is 431 g/mol. The van der Waals surface area contributed by atoms with Crippen molar-refractivity contribution in [3.05, 3.63) is 58.2 Å². The Hall–Kier alpha value is -2.41. The fourth-order valence-electron chi connectivity index (χ4n) is 3.00. The summed E-state index contributed by atoms with van der Waals surface area (Å²) in [4.78, 5) is 32.7. The van der Waals surface area contributed by atoms with Gasteiger partial charge in [-0.05, 0) is 42.7 Å². The summed E-state index contributed by atoms with van der Waals surface area (Å²) in [6, 6.07) is 11.1. The summed E-state index contributed by atoms with van der Waals surface area (Å²) >= 11 is 3.39. The lowest BCUT2D eigenvalue weighted by Crippen LogP contribution is -2.31. The van der Waals surface area contributed by atoms with E-state index in [1.807, 2.05) is 24.3 Å². The minimum absolute atomic E-state index is 0.252. The maximum atomic E-state index is 12.5. The van der Waals surface area contributed by atoms with E-state index in [1.54, 1.807) is 30.3 Å². The number of hydrogen-bond acceptors (Lipinski definition) is 5. The summed E-state index contributed by atoms with van der Waals surface area (Å²) in [6.45, 7) is 1.92. The summed E-state index contributed by atoms with van der Waals surface area (Å²) in [5, 5.41) is 0. The van der Waals surface area contributed by atoms with Crippen LogP contribution in [0.1, 0.15) is 28.8 Å². The number of carbonyl (C=O) groups excluding carboxylic acids is 2. The molecule has 1 aliphatic heterocycles. The smallest absolute Gasteiger partial charge is 0.342 e. The number of halogens is 1. The summed E-state index contributed by atoms with van der Waals surface area (Å²) in [6.07, 6.45) is 3.84. The number of nitrogens with zero attached hydrogens (tertiary/aromatic N) is 3. The molecular formula is C20H22BrN3O3. The third-order valence-electron chi connectivity index (χ3n) is 4.50. The third-order valence-corrected chi connectivity index (χ3v) is 5.03. The van der Waals surface area contributed by atoms with Crippen molar-refractivity contribution >= 4 is 33.6 Å². The standard InChI is InChI=1S/C20H22BrN3O3/c1-23(13-15-6-8-16(21)9-7-15)18(25)14-27-20(26)17-5-4-10-22-19(17)24-11-2-3-12-24/h4-10H,2-3,11-14H2,1H3. The number of benzene rings is 1. The molecule has 0 N–H and O–H groups in total. The second-order valence-electron chi connectivity index (χ2n) is 6.52. The molecule has 1 fully saturated rings. The Morgan fingerprint density at radius 1 is 1.19 bits per heavy atom. The molecule has 142 valence electrons. The van der Waals surface area contributed by atoms with Gasteiger partial charge in [-0.25, -0.2) is 9.78 Å². The molecule has 27 heavy (non-hydrogen) atoms. The Bertz CT molecular complexity index is 804. The van der Waals surface area contributed by atoms with Crippen LogP contribution in [0.15, 0.2) is 47.1 Å². The molecule has 1 aromatic heterocycles. The van der Waals surface area contributed by atoms with Gasteiger partial charge >= 0.3 is 5.97 Å². The van der Waals surface area contributed by atoms with Gasteiger partial charge in [0.1, 0.15) is 11.4 Å². The number of carbonyl (C=O) groups is 2. The molecule has 1 amide bonds. The zero-order valence-electron chi connectivity index (χ0n) is 15.2. The second-order valence-corrected chi connectivity index (χ2v) is 7.44. The number of rotatable bonds is 6. The Balaban J connectivity index is 1.57. The first-order valence-electron chi connectivity index (χ1n) is 8.90. The molecule has 0 saturated carbocycles. The lowest BCUT2D eigenvalue weighted by molar-refractivity contribution is -0.133. The zero-order chi connectivity index (χ0) is 19.2. The van der Waals surface area contributed by atoms with Crippen LogP contribution in [-0.4, -0.2) is 48.5 Å². The van der Waals surface area contributed by atoms with Crippen LogP contribution >= 0.6 is 15.9 Å². The molecule has 3 rings (SSSR count). The van der Waals surface area contributed by atoms with Gasteiger partial charge < -0.3 is 14.5 Å². The Morgan fingerprint density at radius 2 is 1.89 bits per heavy atom. The highest BCUT2D eigenvalue weighted by molar-refractivity contribution is 9.10. The van der Waals surface area contributed by atoms with Crippen LogP contribution in [0.3, 0.4) is 0 Å². The SMILES string of the molecule is CN(Cc1ccc(Br)cc1)C(=O)COC(=O)c1cccnc1N1CCCC1. The third kappa shape index (κ3) is 5.07. The van der Waals surface area contributed by atoms with Crippen molar-refractivity contribution in [2.45, 2.75) is 19.4 Å². The number of ether oxygens (including phenoxy) is 1. The molecule has 0 bridgehead atoms. The van der Waals surface area contributed by atoms with Crippen molar-refractivity contribution in [3.63, 3.8) is 0 Å². The number of pyridine rings is 1. The van der Waals surface area contributed by atoms with Crippen LogP contribution in [0.25, 0.3) is 0 Å². The molecule has 0 atom stereocenters. The first kappa shape index (κ1) is 19.4. The number of likely N-dealkylation sites (N-methyl/N-ethyl adjacent to an activating group) is 1. The quantitative estimate of drug-likeness (QED) is 0.656. The van der Waals surface area contributed by atoms with E-state index in [0.717, 1.165) is 36.0 Å². The summed E-state index contributed by atoms with van der Waals surface area (Å²) < 4.78 is 6.25. The Kier molecular flexibility index (Phi) is 6.45. The first-order chi connectivity index (χ1) is 13.0. The van der Waals surface area contributed by atoms with E-state index >= 15 is 0 Å². The minimum atomic E-state index is -0.518. The summed E-state index contributed by atoms with van der Waals surface area (Å²) in [5.41, 5.74) is 1.41. The average Bonchev–Trinajstić information content (AvgIpc) is 3.22. The maximum Gasteiger partial charge on any atom is 0.342 e. The van der Waals surface area contributed by atoms with Crippen molar-refractivity contribution < 1.29 is 14.3 Å². The lowest BCUT2D eigenvalue weighted by atomic mass is 10.2. The molecule has 1 aliphatic rings. The molecule has 1 saturated heterocycles. The van der Waals surface area contributed by atoms with E-state index in [0.29, 0.717) is 17.9 Å². The predicted molar refractivity (Wildman–Crippen MR) is 107 cm³/mol. The molecule has 2 aromatic rings. The van der Waals surface area contributed by atoms with Gasteiger partial charge in [0.05, 0.1) is 0 Å². The lowest BCUT2D eigenvalue weighted by Gasteiger charge is -2.20. The number of esters is 1. The largest absolute Gasteiger partial charge is 0.452 e. The van der Waals surface area contributed by atoms with Gasteiger partial charge in [-0.15, -0.1) is 0 Å². The fourth-order valence-corrected chi connectivity index (χ4v) is 3.27. The molecule has 1 aromatic carbocycles. The number of hydrogen-bond donors (Lipinski definition) is 0. The zero-order valence-corrected chi connectivity index (χ0v) is 16.8. The Morgan fingerprint density at radius 3 is 2.59 bits per heavy atom. The van der Waals surface area contributed by atoms with E-state index in [-0.39, 0.29) is 12.5 Å². The maximum absolute atomic E-state index is 12.5. The molecule has 2 heterocycles. The highest BCUT2D eigenvalue weighted by Gasteiger charge is 2.22. The van der Waals surface area contributed by atoms with Crippen molar-refractivity contribution in [2.24, 2.45) is 0 Å². The van der Waals surface area contributed by atoms with Crippen LogP contribution in [0.4, 0.5) is 5.82 Å². The number of anilines is 1.